The highest BCUT2D eigenvalue weighted by Gasteiger charge is 2.36. The summed E-state index contributed by atoms with van der Waals surface area (Å²) in [6.45, 7) is 7.22. The molecular weight excluding hydrogens is 426 g/mol. The van der Waals surface area contributed by atoms with E-state index in [1.54, 1.807) is 18.2 Å². The molecule has 6 nitrogen and oxygen atoms in total. The Labute approximate surface area is 200 Å². The van der Waals surface area contributed by atoms with Crippen LogP contribution in [0.1, 0.15) is 46.8 Å². The lowest BCUT2D eigenvalue weighted by molar-refractivity contribution is -0.115. The van der Waals surface area contributed by atoms with Gasteiger partial charge in [0.1, 0.15) is 5.92 Å². The molecule has 0 spiro atoms. The van der Waals surface area contributed by atoms with Gasteiger partial charge in [-0.05, 0) is 54.0 Å². The van der Waals surface area contributed by atoms with Crippen LogP contribution < -0.4 is 5.32 Å². The minimum Gasteiger partial charge on any atom is -0.465 e. The van der Waals surface area contributed by atoms with Crippen molar-refractivity contribution in [3.8, 4) is 0 Å². The van der Waals surface area contributed by atoms with Gasteiger partial charge in [-0.25, -0.2) is 4.79 Å². The Bertz CT molecular complexity index is 1200. The smallest absolute Gasteiger partial charge is 0.337 e. The highest BCUT2D eigenvalue weighted by atomic mass is 16.5. The Balaban J connectivity index is 1.72. The number of ether oxygens (including phenoxy) is 1. The lowest BCUT2D eigenvalue weighted by Crippen LogP contribution is -2.22. The van der Waals surface area contributed by atoms with Gasteiger partial charge in [-0.3, -0.25) is 14.7 Å². The number of carbonyl (C=O) groups is 2. The average Bonchev–Trinajstić information content (AvgIpc) is 3.21. The monoisotopic (exact) mass is 455 g/mol. The maximum atomic E-state index is 13.1. The standard InChI is InChI=1S/C28H29N3O3/c1-4-31(5-2)18-19-11-14-22(15-12-19)29-26(20-9-7-6-8-10-20)25-23-16-13-21(28(33)34-3)17-24(23)30-27(25)32/h6-17,25H,4-5,18H2,1-3H3,(H,30,32). The quantitative estimate of drug-likeness (QED) is 0.376. The molecule has 1 N–H and O–H groups in total. The van der Waals surface area contributed by atoms with E-state index in [0.717, 1.165) is 36.4 Å². The van der Waals surface area contributed by atoms with E-state index in [-0.39, 0.29) is 5.91 Å². The van der Waals surface area contributed by atoms with Gasteiger partial charge in [0.15, 0.2) is 0 Å². The number of hydrogen-bond acceptors (Lipinski definition) is 5. The normalized spacial score (nSPS) is 15.2. The van der Waals surface area contributed by atoms with Crippen LogP contribution in [0.4, 0.5) is 11.4 Å². The second-order valence-electron chi connectivity index (χ2n) is 8.21. The van der Waals surface area contributed by atoms with Crippen LogP contribution in [0, 0.1) is 0 Å². The zero-order valence-electron chi connectivity index (χ0n) is 19.7. The number of fused-ring (bicyclic) bond motifs is 1. The molecular formula is C28H29N3O3. The molecule has 6 heteroatoms. The molecule has 0 radical (unpaired) electrons. The van der Waals surface area contributed by atoms with E-state index < -0.39 is 11.9 Å². The first-order chi connectivity index (χ1) is 16.5. The van der Waals surface area contributed by atoms with Gasteiger partial charge in [0.25, 0.3) is 0 Å². The minimum atomic E-state index is -0.584. The van der Waals surface area contributed by atoms with E-state index in [1.807, 2.05) is 42.5 Å². The van der Waals surface area contributed by atoms with Gasteiger partial charge in [0.05, 0.1) is 24.1 Å². The Morgan fingerprint density at radius 2 is 1.68 bits per heavy atom. The molecule has 1 heterocycles. The first-order valence-corrected chi connectivity index (χ1v) is 11.5. The summed E-state index contributed by atoms with van der Waals surface area (Å²) in [5.41, 5.74) is 5.34. The third kappa shape index (κ3) is 4.92. The molecule has 1 aliphatic rings. The number of methoxy groups -OCH3 is 1. The van der Waals surface area contributed by atoms with Crippen molar-refractivity contribution in [3.05, 3.63) is 95.1 Å². The molecule has 4 rings (SSSR count). The summed E-state index contributed by atoms with van der Waals surface area (Å²) in [7, 11) is 1.34. The fraction of sp³-hybridized carbons (Fsp3) is 0.250. The van der Waals surface area contributed by atoms with E-state index >= 15 is 0 Å². The predicted octanol–water partition coefficient (Wildman–Crippen LogP) is 5.17. The van der Waals surface area contributed by atoms with Crippen LogP contribution in [-0.4, -0.2) is 42.7 Å². The summed E-state index contributed by atoms with van der Waals surface area (Å²) in [6.07, 6.45) is 0. The van der Waals surface area contributed by atoms with Crippen molar-refractivity contribution in [2.45, 2.75) is 26.3 Å². The molecule has 1 atom stereocenters. The van der Waals surface area contributed by atoms with Crippen LogP contribution in [0.25, 0.3) is 0 Å². The van der Waals surface area contributed by atoms with Crippen LogP contribution in [0.3, 0.4) is 0 Å². The highest BCUT2D eigenvalue weighted by molar-refractivity contribution is 6.24. The lowest BCUT2D eigenvalue weighted by atomic mass is 9.90. The Morgan fingerprint density at radius 3 is 2.32 bits per heavy atom. The van der Waals surface area contributed by atoms with Crippen LogP contribution >= 0.6 is 0 Å². The Hall–Kier alpha value is -3.77. The van der Waals surface area contributed by atoms with Gasteiger partial charge in [-0.1, -0.05) is 62.4 Å². The second-order valence-corrected chi connectivity index (χ2v) is 8.21. The number of esters is 1. The number of nitrogens with one attached hydrogen (secondary N) is 1. The summed E-state index contributed by atoms with van der Waals surface area (Å²) in [6, 6.07) is 23.0. The second kappa shape index (κ2) is 10.4. The number of anilines is 1. The topological polar surface area (TPSA) is 71.0 Å². The summed E-state index contributed by atoms with van der Waals surface area (Å²) in [4.78, 5) is 32.4. The molecule has 34 heavy (non-hydrogen) atoms. The Morgan fingerprint density at radius 1 is 0.971 bits per heavy atom. The van der Waals surface area contributed by atoms with Gasteiger partial charge in [-0.15, -0.1) is 0 Å². The first-order valence-electron chi connectivity index (χ1n) is 11.5. The Kier molecular flexibility index (Phi) is 7.18. The molecule has 1 unspecified atom stereocenters. The summed E-state index contributed by atoms with van der Waals surface area (Å²) in [5.74, 6) is -1.19. The molecule has 0 bridgehead atoms. The number of carbonyl (C=O) groups excluding carboxylic acids is 2. The van der Waals surface area contributed by atoms with Gasteiger partial charge in [0, 0.05) is 12.2 Å². The number of benzene rings is 3. The van der Waals surface area contributed by atoms with Crippen LogP contribution in [0.2, 0.25) is 0 Å². The molecule has 0 aliphatic carbocycles. The minimum absolute atomic E-state index is 0.169. The molecule has 174 valence electrons. The van der Waals surface area contributed by atoms with Crippen LogP contribution in [-0.2, 0) is 16.1 Å². The molecule has 1 amide bonds. The third-order valence-corrected chi connectivity index (χ3v) is 6.13. The van der Waals surface area contributed by atoms with Crippen LogP contribution in [0.15, 0.2) is 77.8 Å². The van der Waals surface area contributed by atoms with Crippen molar-refractivity contribution in [3.63, 3.8) is 0 Å². The fourth-order valence-corrected chi connectivity index (χ4v) is 4.20. The molecule has 0 fully saturated rings. The van der Waals surface area contributed by atoms with Crippen molar-refractivity contribution in [1.82, 2.24) is 4.90 Å². The van der Waals surface area contributed by atoms with Crippen LogP contribution in [0.5, 0.6) is 0 Å². The zero-order chi connectivity index (χ0) is 24.1. The maximum absolute atomic E-state index is 13.1. The predicted molar refractivity (Wildman–Crippen MR) is 135 cm³/mol. The van der Waals surface area contributed by atoms with Gasteiger partial charge in [-0.2, -0.15) is 0 Å². The van der Waals surface area contributed by atoms with Crippen molar-refractivity contribution >= 4 is 29.0 Å². The van der Waals surface area contributed by atoms with Gasteiger partial charge in [0.2, 0.25) is 5.91 Å². The molecule has 0 aromatic heterocycles. The van der Waals surface area contributed by atoms with Crippen molar-refractivity contribution in [2.24, 2.45) is 4.99 Å². The molecule has 3 aromatic carbocycles. The van der Waals surface area contributed by atoms with E-state index in [4.69, 9.17) is 9.73 Å². The maximum Gasteiger partial charge on any atom is 0.337 e. The van der Waals surface area contributed by atoms with Crippen molar-refractivity contribution in [2.75, 3.05) is 25.5 Å². The average molecular weight is 456 g/mol. The zero-order valence-corrected chi connectivity index (χ0v) is 19.7. The van der Waals surface area contributed by atoms with Gasteiger partial charge < -0.3 is 10.1 Å². The van der Waals surface area contributed by atoms with E-state index in [9.17, 15) is 9.59 Å². The number of aliphatic imine (C=N–C) groups is 1. The number of rotatable bonds is 8. The van der Waals surface area contributed by atoms with Gasteiger partial charge >= 0.3 is 5.97 Å². The highest BCUT2D eigenvalue weighted by Crippen LogP contribution is 2.37. The number of amides is 1. The largest absolute Gasteiger partial charge is 0.465 e. The molecule has 0 saturated heterocycles. The van der Waals surface area contributed by atoms with Crippen molar-refractivity contribution in [1.29, 1.82) is 0 Å². The first kappa shape index (κ1) is 23.4. The van der Waals surface area contributed by atoms with E-state index in [0.29, 0.717) is 17.0 Å². The molecule has 3 aromatic rings. The summed E-state index contributed by atoms with van der Waals surface area (Å²) in [5, 5.41) is 2.91. The van der Waals surface area contributed by atoms with E-state index in [1.165, 1.54) is 12.7 Å². The summed E-state index contributed by atoms with van der Waals surface area (Å²) < 4.78 is 4.81. The third-order valence-electron chi connectivity index (χ3n) is 6.13. The lowest BCUT2D eigenvalue weighted by Gasteiger charge is -2.18. The molecule has 1 aliphatic heterocycles. The van der Waals surface area contributed by atoms with E-state index in [2.05, 4.69) is 36.2 Å². The fourth-order valence-electron chi connectivity index (χ4n) is 4.20. The SMILES string of the molecule is CCN(CC)Cc1ccc(N=C(c2ccccc2)C2C(=O)Nc3cc(C(=O)OC)ccc32)cc1. The van der Waals surface area contributed by atoms with Crippen molar-refractivity contribution < 1.29 is 14.3 Å². The summed E-state index contributed by atoms with van der Waals surface area (Å²) >= 11 is 0. The molecule has 0 saturated carbocycles. The number of nitrogens with zero attached hydrogens (tertiary/aromatic N) is 2. The number of hydrogen-bond donors (Lipinski definition) is 1.